The average molecular weight is 511 g/mol. The van der Waals surface area contributed by atoms with Crippen molar-refractivity contribution in [2.24, 2.45) is 5.92 Å². The summed E-state index contributed by atoms with van der Waals surface area (Å²) in [5.74, 6) is 0.308. The molecule has 192 valence electrons. The standard InChI is InChI=1S/C28H26N6O4/c1-37-22-14-17(13-19-18(15-2-3-15)6-9-30-24(19)22)25(35)23-26(36)20-12-16(27-31-33-34-32-27)4-5-21(20)38-28(23)7-10-29-11-8-28/h4-6,9,12-15,23,29H,2-3,7-8,10-11H2,1H3,(H,31,32,33,34)/t23-/m1/s1. The molecule has 4 aromatic rings. The molecule has 4 heterocycles. The monoisotopic (exact) mass is 510 g/mol. The smallest absolute Gasteiger partial charge is 0.204 e. The number of ether oxygens (including phenoxy) is 2. The maximum atomic E-state index is 14.4. The van der Waals surface area contributed by atoms with E-state index in [0.29, 0.717) is 65.9 Å². The molecule has 2 aromatic heterocycles. The van der Waals surface area contributed by atoms with Gasteiger partial charge in [-0.05, 0) is 79.0 Å². The summed E-state index contributed by atoms with van der Waals surface area (Å²) in [7, 11) is 1.58. The summed E-state index contributed by atoms with van der Waals surface area (Å²) in [4.78, 5) is 33.1. The molecular formula is C28H26N6O4. The molecule has 0 bridgehead atoms. The number of rotatable bonds is 5. The van der Waals surface area contributed by atoms with E-state index < -0.39 is 11.5 Å². The number of carbonyl (C=O) groups is 2. The molecule has 1 saturated heterocycles. The van der Waals surface area contributed by atoms with Crippen LogP contribution in [0.15, 0.2) is 42.6 Å². The lowest BCUT2D eigenvalue weighted by atomic mass is 9.70. The lowest BCUT2D eigenvalue weighted by molar-refractivity contribution is -0.0138. The van der Waals surface area contributed by atoms with Crippen LogP contribution >= 0.6 is 0 Å². The molecular weight excluding hydrogens is 484 g/mol. The van der Waals surface area contributed by atoms with Crippen molar-refractivity contribution < 1.29 is 19.1 Å². The van der Waals surface area contributed by atoms with Gasteiger partial charge < -0.3 is 14.8 Å². The highest BCUT2D eigenvalue weighted by molar-refractivity contribution is 6.19. The van der Waals surface area contributed by atoms with Crippen LogP contribution in [0.4, 0.5) is 0 Å². The van der Waals surface area contributed by atoms with Crippen LogP contribution in [0.2, 0.25) is 0 Å². The fourth-order valence-corrected chi connectivity index (χ4v) is 5.96. The molecule has 1 atom stereocenters. The van der Waals surface area contributed by atoms with E-state index in [1.54, 1.807) is 37.6 Å². The molecule has 7 rings (SSSR count). The minimum Gasteiger partial charge on any atom is -0.494 e. The fourth-order valence-electron chi connectivity index (χ4n) is 5.96. The van der Waals surface area contributed by atoms with Crippen molar-refractivity contribution in [1.82, 2.24) is 30.9 Å². The third-order valence-electron chi connectivity index (χ3n) is 8.03. The van der Waals surface area contributed by atoms with Gasteiger partial charge in [0, 0.05) is 35.6 Å². The van der Waals surface area contributed by atoms with Gasteiger partial charge in [0.2, 0.25) is 5.82 Å². The van der Waals surface area contributed by atoms with Crippen molar-refractivity contribution in [3.63, 3.8) is 0 Å². The Hall–Kier alpha value is -4.18. The fraction of sp³-hybridized carbons (Fsp3) is 0.357. The summed E-state index contributed by atoms with van der Waals surface area (Å²) < 4.78 is 12.3. The summed E-state index contributed by atoms with van der Waals surface area (Å²) in [6, 6.07) is 10.9. The molecule has 2 N–H and O–H groups in total. The number of piperidine rings is 1. The number of hydrogen-bond acceptors (Lipinski definition) is 9. The van der Waals surface area contributed by atoms with E-state index in [9.17, 15) is 9.59 Å². The molecule has 3 aliphatic rings. The molecule has 0 unspecified atom stereocenters. The van der Waals surface area contributed by atoms with E-state index in [1.165, 1.54) is 5.56 Å². The largest absolute Gasteiger partial charge is 0.494 e. The first-order valence-corrected chi connectivity index (χ1v) is 12.9. The summed E-state index contributed by atoms with van der Waals surface area (Å²) >= 11 is 0. The summed E-state index contributed by atoms with van der Waals surface area (Å²) in [6.45, 7) is 1.31. The van der Waals surface area contributed by atoms with E-state index in [0.717, 1.165) is 23.7 Å². The first kappa shape index (κ1) is 23.0. The topological polar surface area (TPSA) is 132 Å². The minimum atomic E-state index is -0.999. The predicted octanol–water partition coefficient (Wildman–Crippen LogP) is 3.50. The Morgan fingerprint density at radius 1 is 1.13 bits per heavy atom. The number of tetrazole rings is 1. The van der Waals surface area contributed by atoms with E-state index in [-0.39, 0.29) is 11.6 Å². The van der Waals surface area contributed by atoms with Crippen LogP contribution in [0.3, 0.4) is 0 Å². The molecule has 0 amide bonds. The number of H-pyrrole nitrogens is 1. The van der Waals surface area contributed by atoms with Gasteiger partial charge in [0.05, 0.1) is 12.7 Å². The number of methoxy groups -OCH3 is 1. The Morgan fingerprint density at radius 2 is 1.97 bits per heavy atom. The second-order valence-electron chi connectivity index (χ2n) is 10.3. The highest BCUT2D eigenvalue weighted by atomic mass is 16.5. The van der Waals surface area contributed by atoms with Crippen molar-refractivity contribution in [2.45, 2.75) is 37.2 Å². The van der Waals surface area contributed by atoms with Gasteiger partial charge in [-0.2, -0.15) is 5.21 Å². The van der Waals surface area contributed by atoms with Crippen molar-refractivity contribution in [3.05, 3.63) is 59.3 Å². The molecule has 0 radical (unpaired) electrons. The average Bonchev–Trinajstić information content (AvgIpc) is 3.65. The van der Waals surface area contributed by atoms with Crippen LogP contribution in [0, 0.1) is 5.92 Å². The number of aromatic amines is 1. The van der Waals surface area contributed by atoms with Gasteiger partial charge in [-0.25, -0.2) is 0 Å². The molecule has 2 fully saturated rings. The van der Waals surface area contributed by atoms with Gasteiger partial charge in [-0.15, -0.1) is 10.2 Å². The lowest BCUT2D eigenvalue weighted by Gasteiger charge is -2.45. The maximum Gasteiger partial charge on any atom is 0.204 e. The number of benzene rings is 2. The second kappa shape index (κ2) is 8.70. The highest BCUT2D eigenvalue weighted by Crippen LogP contribution is 2.46. The number of pyridine rings is 1. The van der Waals surface area contributed by atoms with E-state index >= 15 is 0 Å². The normalized spacial score (nSPS) is 20.2. The first-order chi connectivity index (χ1) is 18.6. The van der Waals surface area contributed by atoms with Gasteiger partial charge in [0.1, 0.15) is 28.5 Å². The van der Waals surface area contributed by atoms with Crippen LogP contribution in [0.5, 0.6) is 11.5 Å². The summed E-state index contributed by atoms with van der Waals surface area (Å²) in [5, 5.41) is 18.3. The van der Waals surface area contributed by atoms with Crippen LogP contribution in [0.25, 0.3) is 22.3 Å². The van der Waals surface area contributed by atoms with Crippen LogP contribution in [0.1, 0.15) is 57.9 Å². The Kier molecular flexibility index (Phi) is 5.26. The zero-order valence-electron chi connectivity index (χ0n) is 20.9. The van der Waals surface area contributed by atoms with Gasteiger partial charge in [0.25, 0.3) is 0 Å². The number of nitrogens with one attached hydrogen (secondary N) is 2. The number of carbonyl (C=O) groups excluding carboxylic acids is 2. The van der Waals surface area contributed by atoms with Crippen molar-refractivity contribution in [3.8, 4) is 22.9 Å². The number of aromatic nitrogens is 5. The van der Waals surface area contributed by atoms with Gasteiger partial charge in [-0.3, -0.25) is 14.6 Å². The second-order valence-corrected chi connectivity index (χ2v) is 10.3. The van der Waals surface area contributed by atoms with E-state index in [1.807, 2.05) is 12.1 Å². The van der Waals surface area contributed by atoms with Crippen molar-refractivity contribution >= 4 is 22.5 Å². The summed E-state index contributed by atoms with van der Waals surface area (Å²) in [5.41, 5.74) is 2.36. The quantitative estimate of drug-likeness (QED) is 0.306. The number of nitrogens with zero attached hydrogens (tertiary/aromatic N) is 4. The third kappa shape index (κ3) is 3.59. The zero-order valence-corrected chi connectivity index (χ0v) is 20.9. The lowest BCUT2D eigenvalue weighted by Crippen LogP contribution is -2.58. The van der Waals surface area contributed by atoms with E-state index in [4.69, 9.17) is 9.47 Å². The highest BCUT2D eigenvalue weighted by Gasteiger charge is 2.54. The van der Waals surface area contributed by atoms with Crippen LogP contribution in [-0.4, -0.2) is 63.0 Å². The summed E-state index contributed by atoms with van der Waals surface area (Å²) in [6.07, 6.45) is 5.11. The number of ketones is 2. The van der Waals surface area contributed by atoms with Gasteiger partial charge in [0.15, 0.2) is 11.6 Å². The number of hydrogen-bond donors (Lipinski definition) is 2. The number of Topliss-reactive ketones (excluding diaryl/α,β-unsaturated/α-hetero) is 2. The predicted molar refractivity (Wildman–Crippen MR) is 137 cm³/mol. The third-order valence-corrected chi connectivity index (χ3v) is 8.03. The van der Waals surface area contributed by atoms with Gasteiger partial charge >= 0.3 is 0 Å². The van der Waals surface area contributed by atoms with Crippen molar-refractivity contribution in [1.29, 1.82) is 0 Å². The van der Waals surface area contributed by atoms with Crippen molar-refractivity contribution in [2.75, 3.05) is 20.2 Å². The molecule has 10 nitrogen and oxygen atoms in total. The molecule has 38 heavy (non-hydrogen) atoms. The number of fused-ring (bicyclic) bond motifs is 2. The van der Waals surface area contributed by atoms with E-state index in [2.05, 4.69) is 30.9 Å². The molecule has 1 spiro atoms. The molecule has 2 aromatic carbocycles. The molecule has 10 heteroatoms. The maximum absolute atomic E-state index is 14.4. The SMILES string of the molecule is COc1cc(C(=O)[C@@H]2C(=O)c3cc(-c4nn[nH]n4)ccc3OC23CCNCC3)cc2c(C3CC3)ccnc12. The van der Waals surface area contributed by atoms with Crippen LogP contribution in [-0.2, 0) is 0 Å². The Bertz CT molecular complexity index is 1570. The molecule has 2 aliphatic heterocycles. The van der Waals surface area contributed by atoms with Crippen LogP contribution < -0.4 is 14.8 Å². The first-order valence-electron chi connectivity index (χ1n) is 12.9. The van der Waals surface area contributed by atoms with Gasteiger partial charge in [-0.1, -0.05) is 0 Å². The molecule has 1 saturated carbocycles. The Labute approximate surface area is 218 Å². The Balaban J connectivity index is 1.36. The Morgan fingerprint density at radius 3 is 2.71 bits per heavy atom. The zero-order chi connectivity index (χ0) is 25.9. The minimum absolute atomic E-state index is 0.254. The molecule has 1 aliphatic carbocycles.